The summed E-state index contributed by atoms with van der Waals surface area (Å²) in [7, 11) is 0. The van der Waals surface area contributed by atoms with Gasteiger partial charge in [-0.1, -0.05) is 11.6 Å². The van der Waals surface area contributed by atoms with Crippen LogP contribution in [0.15, 0.2) is 18.2 Å². The van der Waals surface area contributed by atoms with E-state index in [4.69, 9.17) is 21.1 Å². The number of ether oxygens (including phenoxy) is 2. The fourth-order valence-electron chi connectivity index (χ4n) is 1.51. The largest absolute Gasteiger partial charge is 0.488 e. The molecule has 1 aliphatic rings. The van der Waals surface area contributed by atoms with Crippen LogP contribution in [-0.2, 0) is 4.74 Å². The lowest BCUT2D eigenvalue weighted by Crippen LogP contribution is -2.15. The minimum absolute atomic E-state index is 0.0116. The Morgan fingerprint density at radius 1 is 1.56 bits per heavy atom. The molecule has 5 nitrogen and oxygen atoms in total. The highest BCUT2D eigenvalue weighted by Crippen LogP contribution is 2.29. The number of hydrogen-bond acceptors (Lipinski definition) is 4. The summed E-state index contributed by atoms with van der Waals surface area (Å²) in [5.74, 6) is 0.533. The van der Waals surface area contributed by atoms with Crippen LogP contribution >= 0.6 is 11.6 Å². The Bertz CT molecular complexity index is 404. The highest BCUT2D eigenvalue weighted by molar-refractivity contribution is 6.32. The van der Waals surface area contributed by atoms with Crippen molar-refractivity contribution >= 4 is 17.3 Å². The van der Waals surface area contributed by atoms with Crippen molar-refractivity contribution in [1.82, 2.24) is 0 Å². The van der Waals surface area contributed by atoms with Crippen LogP contribution in [0.5, 0.6) is 5.75 Å². The lowest BCUT2D eigenvalue weighted by Gasteiger charge is -2.11. The summed E-state index contributed by atoms with van der Waals surface area (Å²) in [4.78, 5) is 10.0. The molecule has 0 amide bonds. The molecule has 0 bridgehead atoms. The van der Waals surface area contributed by atoms with Crippen molar-refractivity contribution in [3.8, 4) is 5.75 Å². The molecule has 0 saturated carbocycles. The Morgan fingerprint density at radius 2 is 2.38 bits per heavy atom. The number of halogens is 1. The molecule has 86 valence electrons. The van der Waals surface area contributed by atoms with Crippen molar-refractivity contribution in [2.75, 3.05) is 13.2 Å². The molecule has 0 aromatic heterocycles. The van der Waals surface area contributed by atoms with E-state index in [9.17, 15) is 10.1 Å². The molecule has 2 rings (SSSR count). The fourth-order valence-corrected chi connectivity index (χ4v) is 1.75. The van der Waals surface area contributed by atoms with E-state index in [1.165, 1.54) is 12.1 Å². The van der Waals surface area contributed by atoms with Gasteiger partial charge in [0.25, 0.3) is 5.69 Å². The van der Waals surface area contributed by atoms with E-state index in [0.29, 0.717) is 19.0 Å². The molecule has 6 heteroatoms. The highest BCUT2D eigenvalue weighted by Gasteiger charge is 2.19. The van der Waals surface area contributed by atoms with Crippen LogP contribution in [0.4, 0.5) is 5.69 Å². The molecule has 1 aliphatic heterocycles. The molecule has 1 atom stereocenters. The van der Waals surface area contributed by atoms with Gasteiger partial charge in [0, 0.05) is 18.6 Å². The van der Waals surface area contributed by atoms with E-state index in [-0.39, 0.29) is 16.8 Å². The molecule has 0 radical (unpaired) electrons. The van der Waals surface area contributed by atoms with Gasteiger partial charge in [0.2, 0.25) is 0 Å². The minimum Gasteiger partial charge on any atom is -0.488 e. The Morgan fingerprint density at radius 3 is 2.94 bits per heavy atom. The molecular weight excluding hydrogens is 234 g/mol. The van der Waals surface area contributed by atoms with E-state index in [1.54, 1.807) is 6.07 Å². The van der Waals surface area contributed by atoms with Crippen LogP contribution in [0, 0.1) is 10.1 Å². The molecular formula is C10H10ClNO4. The van der Waals surface area contributed by atoms with Gasteiger partial charge >= 0.3 is 0 Å². The Balaban J connectivity index is 2.11. The number of hydrogen-bond donors (Lipinski definition) is 0. The zero-order valence-corrected chi connectivity index (χ0v) is 9.14. The molecule has 1 fully saturated rings. The summed E-state index contributed by atoms with van der Waals surface area (Å²) in [6.45, 7) is 1.24. The molecule has 1 aromatic rings. The number of nitro groups is 1. The summed E-state index contributed by atoms with van der Waals surface area (Å²) in [5.41, 5.74) is -0.114. The van der Waals surface area contributed by atoms with Crippen molar-refractivity contribution in [1.29, 1.82) is 0 Å². The smallest absolute Gasteiger partial charge is 0.288 e. The second kappa shape index (κ2) is 4.67. The third-order valence-electron chi connectivity index (χ3n) is 2.31. The van der Waals surface area contributed by atoms with Gasteiger partial charge in [-0.2, -0.15) is 0 Å². The summed E-state index contributed by atoms with van der Waals surface area (Å²) >= 11 is 5.76. The van der Waals surface area contributed by atoms with Gasteiger partial charge in [-0.25, -0.2) is 0 Å². The van der Waals surface area contributed by atoms with Gasteiger partial charge in [0.05, 0.1) is 18.1 Å². The predicted molar refractivity (Wildman–Crippen MR) is 58.0 cm³/mol. The molecule has 16 heavy (non-hydrogen) atoms. The molecule has 0 spiro atoms. The molecule has 0 aliphatic carbocycles. The molecule has 1 aromatic carbocycles. The topological polar surface area (TPSA) is 61.6 Å². The fraction of sp³-hybridized carbons (Fsp3) is 0.400. The molecule has 0 N–H and O–H groups in total. The SMILES string of the molecule is O=[N+]([O-])c1ccc(OC2CCOC2)cc1Cl. The third-order valence-corrected chi connectivity index (χ3v) is 2.61. The third kappa shape index (κ3) is 2.43. The van der Waals surface area contributed by atoms with Crippen molar-refractivity contribution < 1.29 is 14.4 Å². The Labute approximate surface area is 97.1 Å². The van der Waals surface area contributed by atoms with Crippen LogP contribution in [-0.4, -0.2) is 24.2 Å². The lowest BCUT2D eigenvalue weighted by molar-refractivity contribution is -0.384. The highest BCUT2D eigenvalue weighted by atomic mass is 35.5. The van der Waals surface area contributed by atoms with Crippen molar-refractivity contribution in [3.05, 3.63) is 33.3 Å². The van der Waals surface area contributed by atoms with Gasteiger partial charge in [-0.15, -0.1) is 0 Å². The normalized spacial score (nSPS) is 19.7. The van der Waals surface area contributed by atoms with E-state index in [1.807, 2.05) is 0 Å². The van der Waals surface area contributed by atoms with E-state index in [2.05, 4.69) is 0 Å². The number of nitrogens with zero attached hydrogens (tertiary/aromatic N) is 1. The van der Waals surface area contributed by atoms with E-state index < -0.39 is 4.92 Å². The average Bonchev–Trinajstić information content (AvgIpc) is 2.70. The minimum atomic E-state index is -0.523. The average molecular weight is 244 g/mol. The van der Waals surface area contributed by atoms with E-state index in [0.717, 1.165) is 6.42 Å². The van der Waals surface area contributed by atoms with Crippen LogP contribution in [0.25, 0.3) is 0 Å². The maximum Gasteiger partial charge on any atom is 0.288 e. The second-order valence-electron chi connectivity index (χ2n) is 3.47. The first kappa shape index (κ1) is 11.2. The summed E-state index contributed by atoms with van der Waals surface area (Å²) in [6.07, 6.45) is 0.840. The Kier molecular flexibility index (Phi) is 3.26. The zero-order chi connectivity index (χ0) is 11.5. The van der Waals surface area contributed by atoms with Gasteiger partial charge in [-0.05, 0) is 6.07 Å². The summed E-state index contributed by atoms with van der Waals surface area (Å²) in [5, 5.41) is 10.6. The van der Waals surface area contributed by atoms with Crippen LogP contribution < -0.4 is 4.74 Å². The lowest BCUT2D eigenvalue weighted by atomic mass is 10.3. The molecule has 1 unspecified atom stereocenters. The number of rotatable bonds is 3. The number of benzene rings is 1. The van der Waals surface area contributed by atoms with Crippen molar-refractivity contribution in [2.24, 2.45) is 0 Å². The van der Waals surface area contributed by atoms with Gasteiger partial charge in [-0.3, -0.25) is 10.1 Å². The number of nitro benzene ring substituents is 1. The van der Waals surface area contributed by atoms with Gasteiger partial charge in [0.1, 0.15) is 16.9 Å². The second-order valence-corrected chi connectivity index (χ2v) is 3.88. The van der Waals surface area contributed by atoms with Crippen LogP contribution in [0.2, 0.25) is 5.02 Å². The van der Waals surface area contributed by atoms with E-state index >= 15 is 0 Å². The standard InChI is InChI=1S/C10H10ClNO4/c11-9-5-7(1-2-10(9)12(13)14)16-8-3-4-15-6-8/h1-2,5,8H,3-4,6H2. The molecule has 1 saturated heterocycles. The van der Waals surface area contributed by atoms with Crippen LogP contribution in [0.3, 0.4) is 0 Å². The molecule has 1 heterocycles. The van der Waals surface area contributed by atoms with Gasteiger partial charge in [0.15, 0.2) is 0 Å². The first-order valence-electron chi connectivity index (χ1n) is 4.85. The van der Waals surface area contributed by atoms with Crippen molar-refractivity contribution in [3.63, 3.8) is 0 Å². The first-order chi connectivity index (χ1) is 7.66. The zero-order valence-electron chi connectivity index (χ0n) is 8.39. The van der Waals surface area contributed by atoms with Crippen LogP contribution in [0.1, 0.15) is 6.42 Å². The Hall–Kier alpha value is -1.33. The van der Waals surface area contributed by atoms with Gasteiger partial charge < -0.3 is 9.47 Å². The maximum absolute atomic E-state index is 10.5. The predicted octanol–water partition coefficient (Wildman–Crippen LogP) is 2.42. The van der Waals surface area contributed by atoms with Crippen molar-refractivity contribution in [2.45, 2.75) is 12.5 Å². The quantitative estimate of drug-likeness (QED) is 0.604. The summed E-state index contributed by atoms with van der Waals surface area (Å²) in [6, 6.07) is 4.34. The first-order valence-corrected chi connectivity index (χ1v) is 5.23. The monoisotopic (exact) mass is 243 g/mol. The maximum atomic E-state index is 10.5. The summed E-state index contributed by atoms with van der Waals surface area (Å²) < 4.78 is 10.7.